The van der Waals surface area contributed by atoms with Crippen molar-refractivity contribution in [3.8, 4) is 0 Å². The average molecular weight is 401 g/mol. The minimum Gasteiger partial charge on any atom is -0.465 e. The Kier molecular flexibility index (Phi) is 5.96. The molecule has 0 saturated heterocycles. The monoisotopic (exact) mass is 401 g/mol. The SMILES string of the molecule is COC(=O)c1ccc(S(=O)(=O)N(C)Cc2ccccc2C(F)(F)F)c(C)c1. The number of nitrogens with zero attached hydrogens (tertiary/aromatic N) is 1. The normalized spacial score (nSPS) is 12.3. The lowest BCUT2D eigenvalue weighted by atomic mass is 10.1. The Hall–Kier alpha value is -2.39. The van der Waals surface area contributed by atoms with Crippen molar-refractivity contribution in [2.75, 3.05) is 14.2 Å². The minimum atomic E-state index is -4.58. The fourth-order valence-corrected chi connectivity index (χ4v) is 3.96. The molecule has 0 aliphatic carbocycles. The first-order chi connectivity index (χ1) is 12.5. The van der Waals surface area contributed by atoms with E-state index < -0.39 is 34.3 Å². The fraction of sp³-hybridized carbons (Fsp3) is 0.278. The molecule has 0 aliphatic rings. The molecule has 0 atom stereocenters. The van der Waals surface area contributed by atoms with Gasteiger partial charge in [-0.05, 0) is 42.3 Å². The molecule has 0 saturated carbocycles. The topological polar surface area (TPSA) is 63.7 Å². The van der Waals surface area contributed by atoms with E-state index in [4.69, 9.17) is 0 Å². The Morgan fingerprint density at radius 1 is 1.15 bits per heavy atom. The van der Waals surface area contributed by atoms with E-state index in [1.54, 1.807) is 0 Å². The summed E-state index contributed by atoms with van der Waals surface area (Å²) in [6.45, 7) is 1.05. The van der Waals surface area contributed by atoms with E-state index in [0.29, 0.717) is 0 Å². The summed E-state index contributed by atoms with van der Waals surface area (Å²) in [6, 6.07) is 8.70. The number of halogens is 3. The molecular formula is C18H18F3NO4S. The van der Waals surface area contributed by atoms with Gasteiger partial charge in [-0.1, -0.05) is 18.2 Å². The van der Waals surface area contributed by atoms with Gasteiger partial charge in [0.2, 0.25) is 10.0 Å². The van der Waals surface area contributed by atoms with Crippen molar-refractivity contribution in [1.29, 1.82) is 0 Å². The molecule has 0 radical (unpaired) electrons. The average Bonchev–Trinajstić information content (AvgIpc) is 2.60. The van der Waals surface area contributed by atoms with Gasteiger partial charge in [0.1, 0.15) is 0 Å². The second-order valence-corrected chi connectivity index (χ2v) is 7.90. The van der Waals surface area contributed by atoms with E-state index in [1.165, 1.54) is 57.5 Å². The number of benzene rings is 2. The first-order valence-electron chi connectivity index (χ1n) is 7.79. The number of aryl methyl sites for hydroxylation is 1. The molecule has 0 heterocycles. The van der Waals surface area contributed by atoms with Gasteiger partial charge < -0.3 is 4.74 Å². The Morgan fingerprint density at radius 3 is 2.33 bits per heavy atom. The van der Waals surface area contributed by atoms with E-state index in [9.17, 15) is 26.4 Å². The number of sulfonamides is 1. The summed E-state index contributed by atoms with van der Waals surface area (Å²) < 4.78 is 70.4. The third-order valence-electron chi connectivity index (χ3n) is 4.00. The van der Waals surface area contributed by atoms with E-state index in [-0.39, 0.29) is 21.6 Å². The van der Waals surface area contributed by atoms with Crippen LogP contribution in [0.1, 0.15) is 27.0 Å². The summed E-state index contributed by atoms with van der Waals surface area (Å²) in [5, 5.41) is 0. The van der Waals surface area contributed by atoms with Crippen molar-refractivity contribution < 1.29 is 31.1 Å². The zero-order valence-electron chi connectivity index (χ0n) is 14.9. The van der Waals surface area contributed by atoms with E-state index in [1.807, 2.05) is 0 Å². The summed E-state index contributed by atoms with van der Waals surface area (Å²) in [5.41, 5.74) is -0.572. The van der Waals surface area contributed by atoms with Crippen LogP contribution in [0.2, 0.25) is 0 Å². The van der Waals surface area contributed by atoms with Crippen LogP contribution in [-0.4, -0.2) is 32.8 Å². The van der Waals surface area contributed by atoms with Crippen molar-refractivity contribution in [1.82, 2.24) is 4.31 Å². The summed E-state index contributed by atoms with van der Waals surface area (Å²) in [5.74, 6) is -0.616. The van der Waals surface area contributed by atoms with E-state index >= 15 is 0 Å². The smallest absolute Gasteiger partial charge is 0.416 e. The number of hydrogen-bond acceptors (Lipinski definition) is 4. The summed E-state index contributed by atoms with van der Waals surface area (Å²) >= 11 is 0. The molecule has 0 aliphatic heterocycles. The third kappa shape index (κ3) is 4.48. The van der Waals surface area contributed by atoms with Gasteiger partial charge in [-0.15, -0.1) is 0 Å². The van der Waals surface area contributed by atoms with Crippen molar-refractivity contribution in [2.45, 2.75) is 24.5 Å². The quantitative estimate of drug-likeness (QED) is 0.718. The molecule has 5 nitrogen and oxygen atoms in total. The first kappa shape index (κ1) is 20.9. The maximum Gasteiger partial charge on any atom is 0.416 e. The maximum absolute atomic E-state index is 13.1. The molecule has 0 N–H and O–H groups in total. The van der Waals surface area contributed by atoms with Crippen LogP contribution in [0.3, 0.4) is 0 Å². The van der Waals surface area contributed by atoms with Crippen LogP contribution in [0.15, 0.2) is 47.4 Å². The summed E-state index contributed by atoms with van der Waals surface area (Å²) in [4.78, 5) is 11.4. The second kappa shape index (κ2) is 7.69. The third-order valence-corrected chi connectivity index (χ3v) is 5.96. The molecule has 0 unspecified atom stereocenters. The Balaban J connectivity index is 2.37. The van der Waals surface area contributed by atoms with Crippen LogP contribution in [0.25, 0.3) is 0 Å². The van der Waals surface area contributed by atoms with E-state index in [2.05, 4.69) is 4.74 Å². The van der Waals surface area contributed by atoms with Crippen molar-refractivity contribution >= 4 is 16.0 Å². The molecule has 0 fully saturated rings. The number of rotatable bonds is 5. The molecule has 0 amide bonds. The summed E-state index contributed by atoms with van der Waals surface area (Å²) in [6.07, 6.45) is -4.58. The Morgan fingerprint density at radius 2 is 1.78 bits per heavy atom. The van der Waals surface area contributed by atoms with Gasteiger partial charge >= 0.3 is 12.1 Å². The molecule has 0 bridgehead atoms. The van der Waals surface area contributed by atoms with Crippen LogP contribution in [0.4, 0.5) is 13.2 Å². The lowest BCUT2D eigenvalue weighted by molar-refractivity contribution is -0.138. The van der Waals surface area contributed by atoms with Gasteiger partial charge in [0.05, 0.1) is 23.1 Å². The highest BCUT2D eigenvalue weighted by molar-refractivity contribution is 7.89. The first-order valence-corrected chi connectivity index (χ1v) is 9.23. The van der Waals surface area contributed by atoms with Crippen LogP contribution in [0.5, 0.6) is 0 Å². The number of ether oxygens (including phenoxy) is 1. The molecule has 0 aromatic heterocycles. The largest absolute Gasteiger partial charge is 0.465 e. The van der Waals surface area contributed by atoms with Crippen molar-refractivity contribution in [3.05, 3.63) is 64.7 Å². The van der Waals surface area contributed by atoms with Gasteiger partial charge in [-0.2, -0.15) is 17.5 Å². The van der Waals surface area contributed by atoms with Gasteiger partial charge in [-0.25, -0.2) is 13.2 Å². The lowest BCUT2D eigenvalue weighted by Gasteiger charge is -2.21. The zero-order valence-corrected chi connectivity index (χ0v) is 15.7. The molecular weight excluding hydrogens is 383 g/mol. The molecule has 146 valence electrons. The Labute approximate surface area is 155 Å². The number of carbonyl (C=O) groups is 1. The molecule has 0 spiro atoms. The highest BCUT2D eigenvalue weighted by Gasteiger charge is 2.34. The number of carbonyl (C=O) groups excluding carboxylic acids is 1. The zero-order chi connectivity index (χ0) is 20.4. The lowest BCUT2D eigenvalue weighted by Crippen LogP contribution is -2.28. The van der Waals surface area contributed by atoms with Crippen LogP contribution in [0, 0.1) is 6.92 Å². The van der Waals surface area contributed by atoms with Gasteiger partial charge in [0, 0.05) is 13.6 Å². The fourth-order valence-electron chi connectivity index (χ4n) is 2.61. The van der Waals surface area contributed by atoms with Gasteiger partial charge in [0.25, 0.3) is 0 Å². The number of alkyl halides is 3. The molecule has 9 heteroatoms. The summed E-state index contributed by atoms with van der Waals surface area (Å²) in [7, 11) is -1.66. The highest BCUT2D eigenvalue weighted by atomic mass is 32.2. The van der Waals surface area contributed by atoms with Crippen molar-refractivity contribution in [3.63, 3.8) is 0 Å². The number of methoxy groups -OCH3 is 1. The van der Waals surface area contributed by atoms with Gasteiger partial charge in [-0.3, -0.25) is 0 Å². The Bertz CT molecular complexity index is 955. The highest BCUT2D eigenvalue weighted by Crippen LogP contribution is 2.33. The molecule has 2 aromatic rings. The number of hydrogen-bond donors (Lipinski definition) is 0. The second-order valence-electron chi connectivity index (χ2n) is 5.89. The van der Waals surface area contributed by atoms with Crippen LogP contribution >= 0.6 is 0 Å². The molecule has 27 heavy (non-hydrogen) atoms. The predicted molar refractivity (Wildman–Crippen MR) is 92.6 cm³/mol. The maximum atomic E-state index is 13.1. The molecule has 2 rings (SSSR count). The van der Waals surface area contributed by atoms with Gasteiger partial charge in [0.15, 0.2) is 0 Å². The van der Waals surface area contributed by atoms with Crippen LogP contribution in [-0.2, 0) is 27.5 Å². The number of esters is 1. The van der Waals surface area contributed by atoms with Crippen LogP contribution < -0.4 is 0 Å². The van der Waals surface area contributed by atoms with Crippen molar-refractivity contribution in [2.24, 2.45) is 0 Å². The predicted octanol–water partition coefficient (Wildman–Crippen LogP) is 3.62. The minimum absolute atomic E-state index is 0.0952. The standard InChI is InChI=1S/C18H18F3NO4S/c1-12-10-13(17(23)26-3)8-9-16(12)27(24,25)22(2)11-14-6-4-5-7-15(14)18(19,20)21/h4-10H,11H2,1-3H3. The molecule has 2 aromatic carbocycles. The van der Waals surface area contributed by atoms with E-state index in [0.717, 1.165) is 10.4 Å².